The van der Waals surface area contributed by atoms with Gasteiger partial charge in [-0.15, -0.1) is 0 Å². The predicted octanol–water partition coefficient (Wildman–Crippen LogP) is 3.42. The molecule has 6 nitrogen and oxygen atoms in total. The van der Waals surface area contributed by atoms with Crippen LogP contribution in [0.3, 0.4) is 0 Å². The molecule has 1 unspecified atom stereocenters. The van der Waals surface area contributed by atoms with Crippen molar-refractivity contribution in [1.29, 1.82) is 0 Å². The van der Waals surface area contributed by atoms with E-state index >= 15 is 0 Å². The molecule has 2 aromatic rings. The first-order valence-electron chi connectivity index (χ1n) is 8.48. The standard InChI is InChI=1S/C19H20ClN3O3/c1-13(22-9-8-14-4-2-3-5-15(14)12-22)11-21-19(24)17-10-16(23(25)26)6-7-18(17)20/h2-7,10,13H,8-9,11-12H2,1H3,(H,21,24). The Kier molecular flexibility index (Phi) is 5.54. The molecule has 2 aromatic carbocycles. The summed E-state index contributed by atoms with van der Waals surface area (Å²) in [7, 11) is 0. The van der Waals surface area contributed by atoms with Gasteiger partial charge >= 0.3 is 0 Å². The molecule has 26 heavy (non-hydrogen) atoms. The summed E-state index contributed by atoms with van der Waals surface area (Å²) in [5, 5.41) is 13.9. The number of hydrogen-bond acceptors (Lipinski definition) is 4. The fraction of sp³-hybridized carbons (Fsp3) is 0.316. The van der Waals surface area contributed by atoms with Gasteiger partial charge in [-0.05, 0) is 30.5 Å². The second kappa shape index (κ2) is 7.85. The molecule has 7 heteroatoms. The van der Waals surface area contributed by atoms with Crippen LogP contribution in [0.4, 0.5) is 5.69 Å². The van der Waals surface area contributed by atoms with Gasteiger partial charge in [0.15, 0.2) is 0 Å². The van der Waals surface area contributed by atoms with Crippen LogP contribution >= 0.6 is 11.6 Å². The Morgan fingerprint density at radius 1 is 1.31 bits per heavy atom. The predicted molar refractivity (Wildman–Crippen MR) is 100 cm³/mol. The third-order valence-electron chi connectivity index (χ3n) is 4.75. The van der Waals surface area contributed by atoms with Crippen molar-refractivity contribution in [2.24, 2.45) is 0 Å². The summed E-state index contributed by atoms with van der Waals surface area (Å²) in [5.41, 5.74) is 2.67. The summed E-state index contributed by atoms with van der Waals surface area (Å²) < 4.78 is 0. The van der Waals surface area contributed by atoms with Crippen LogP contribution in [0.1, 0.15) is 28.4 Å². The van der Waals surface area contributed by atoms with Crippen LogP contribution in [-0.2, 0) is 13.0 Å². The molecule has 1 amide bonds. The summed E-state index contributed by atoms with van der Waals surface area (Å²) in [4.78, 5) is 25.1. The number of nitrogens with zero attached hydrogens (tertiary/aromatic N) is 2. The Morgan fingerprint density at radius 2 is 2.04 bits per heavy atom. The van der Waals surface area contributed by atoms with Crippen LogP contribution in [0.25, 0.3) is 0 Å². The molecular formula is C19H20ClN3O3. The number of non-ortho nitro benzene ring substituents is 1. The minimum atomic E-state index is -0.541. The fourth-order valence-corrected chi connectivity index (χ4v) is 3.36. The number of nitro benzene ring substituents is 1. The molecule has 1 aliphatic rings. The van der Waals surface area contributed by atoms with Crippen LogP contribution in [0.2, 0.25) is 5.02 Å². The molecule has 3 rings (SSSR count). The molecule has 0 saturated heterocycles. The molecule has 0 aliphatic carbocycles. The number of carbonyl (C=O) groups is 1. The molecular weight excluding hydrogens is 354 g/mol. The van der Waals surface area contributed by atoms with Crippen molar-refractivity contribution < 1.29 is 9.72 Å². The summed E-state index contributed by atoms with van der Waals surface area (Å²) in [6.45, 7) is 4.29. The molecule has 1 aliphatic heterocycles. The molecule has 0 saturated carbocycles. The highest BCUT2D eigenvalue weighted by molar-refractivity contribution is 6.33. The van der Waals surface area contributed by atoms with Gasteiger partial charge in [0.05, 0.1) is 15.5 Å². The third-order valence-corrected chi connectivity index (χ3v) is 5.08. The van der Waals surface area contributed by atoms with Crippen molar-refractivity contribution in [3.8, 4) is 0 Å². The Balaban J connectivity index is 1.61. The van der Waals surface area contributed by atoms with Crippen LogP contribution in [0.15, 0.2) is 42.5 Å². The first-order valence-corrected chi connectivity index (χ1v) is 8.86. The second-order valence-corrected chi connectivity index (χ2v) is 6.88. The molecule has 0 aromatic heterocycles. The smallest absolute Gasteiger partial charge is 0.270 e. The number of nitrogens with one attached hydrogen (secondary N) is 1. The van der Waals surface area contributed by atoms with E-state index in [9.17, 15) is 14.9 Å². The maximum Gasteiger partial charge on any atom is 0.270 e. The van der Waals surface area contributed by atoms with Crippen LogP contribution in [0, 0.1) is 10.1 Å². The Labute approximate surface area is 156 Å². The van der Waals surface area contributed by atoms with E-state index in [4.69, 9.17) is 11.6 Å². The van der Waals surface area contributed by atoms with Crippen molar-refractivity contribution in [1.82, 2.24) is 10.2 Å². The van der Waals surface area contributed by atoms with E-state index in [1.807, 2.05) is 6.07 Å². The average Bonchev–Trinajstić information content (AvgIpc) is 2.65. The van der Waals surface area contributed by atoms with Crippen molar-refractivity contribution in [3.63, 3.8) is 0 Å². The first-order chi connectivity index (χ1) is 12.5. The van der Waals surface area contributed by atoms with Crippen molar-refractivity contribution >= 4 is 23.2 Å². The summed E-state index contributed by atoms with van der Waals surface area (Å²) in [6, 6.07) is 12.4. The van der Waals surface area contributed by atoms with E-state index in [1.54, 1.807) is 0 Å². The van der Waals surface area contributed by atoms with Crippen molar-refractivity contribution in [3.05, 3.63) is 74.3 Å². The SMILES string of the molecule is CC(CNC(=O)c1cc([N+](=O)[O-])ccc1Cl)N1CCc2ccccc2C1. The number of fused-ring (bicyclic) bond motifs is 1. The van der Waals surface area contributed by atoms with E-state index in [-0.39, 0.29) is 22.3 Å². The number of halogens is 1. The van der Waals surface area contributed by atoms with E-state index in [2.05, 4.69) is 35.3 Å². The monoisotopic (exact) mass is 373 g/mol. The number of benzene rings is 2. The number of amides is 1. The minimum absolute atomic E-state index is 0.122. The number of carbonyl (C=O) groups excluding carboxylic acids is 1. The van der Waals surface area contributed by atoms with Gasteiger partial charge in [-0.3, -0.25) is 19.8 Å². The molecule has 0 radical (unpaired) electrons. The molecule has 0 spiro atoms. The molecule has 1 atom stereocenters. The summed E-state index contributed by atoms with van der Waals surface area (Å²) in [5.74, 6) is -0.400. The van der Waals surface area contributed by atoms with Gasteiger partial charge < -0.3 is 5.32 Å². The lowest BCUT2D eigenvalue weighted by atomic mass is 9.99. The zero-order chi connectivity index (χ0) is 18.7. The molecule has 136 valence electrons. The third kappa shape index (κ3) is 4.03. The number of nitro groups is 1. The zero-order valence-electron chi connectivity index (χ0n) is 14.4. The van der Waals surface area contributed by atoms with Gasteiger partial charge in [0.2, 0.25) is 0 Å². The summed E-state index contributed by atoms with van der Waals surface area (Å²) in [6.07, 6.45) is 0.991. The maximum absolute atomic E-state index is 12.4. The quantitative estimate of drug-likeness (QED) is 0.643. The lowest BCUT2D eigenvalue weighted by molar-refractivity contribution is -0.384. The number of hydrogen-bond donors (Lipinski definition) is 1. The van der Waals surface area contributed by atoms with Gasteiger partial charge in [0.1, 0.15) is 0 Å². The normalized spacial score (nSPS) is 15.2. The van der Waals surface area contributed by atoms with Gasteiger partial charge in [-0.2, -0.15) is 0 Å². The maximum atomic E-state index is 12.4. The molecule has 1 heterocycles. The van der Waals surface area contributed by atoms with E-state index in [1.165, 1.54) is 29.3 Å². The molecule has 0 bridgehead atoms. The molecule has 1 N–H and O–H groups in total. The lowest BCUT2D eigenvalue weighted by Gasteiger charge is -2.33. The van der Waals surface area contributed by atoms with Crippen LogP contribution < -0.4 is 5.32 Å². The molecule has 0 fully saturated rings. The largest absolute Gasteiger partial charge is 0.350 e. The Bertz CT molecular complexity index is 841. The highest BCUT2D eigenvalue weighted by atomic mass is 35.5. The zero-order valence-corrected chi connectivity index (χ0v) is 15.2. The average molecular weight is 374 g/mol. The highest BCUT2D eigenvalue weighted by Crippen LogP contribution is 2.22. The fourth-order valence-electron chi connectivity index (χ4n) is 3.16. The van der Waals surface area contributed by atoms with Gasteiger partial charge in [0.25, 0.3) is 11.6 Å². The van der Waals surface area contributed by atoms with Gasteiger partial charge in [0, 0.05) is 37.8 Å². The van der Waals surface area contributed by atoms with Crippen LogP contribution in [0.5, 0.6) is 0 Å². The lowest BCUT2D eigenvalue weighted by Crippen LogP contribution is -2.44. The van der Waals surface area contributed by atoms with E-state index < -0.39 is 10.8 Å². The highest BCUT2D eigenvalue weighted by Gasteiger charge is 2.22. The first kappa shape index (κ1) is 18.4. The van der Waals surface area contributed by atoms with Crippen molar-refractivity contribution in [2.75, 3.05) is 13.1 Å². The van der Waals surface area contributed by atoms with E-state index in [0.29, 0.717) is 6.54 Å². The van der Waals surface area contributed by atoms with Crippen molar-refractivity contribution in [2.45, 2.75) is 25.9 Å². The Hall–Kier alpha value is -2.44. The topological polar surface area (TPSA) is 75.5 Å². The number of rotatable bonds is 5. The van der Waals surface area contributed by atoms with Gasteiger partial charge in [-0.25, -0.2) is 0 Å². The van der Waals surface area contributed by atoms with Gasteiger partial charge in [-0.1, -0.05) is 35.9 Å². The minimum Gasteiger partial charge on any atom is -0.350 e. The van der Waals surface area contributed by atoms with Crippen LogP contribution in [-0.4, -0.2) is 34.9 Å². The summed E-state index contributed by atoms with van der Waals surface area (Å²) >= 11 is 6.02. The second-order valence-electron chi connectivity index (χ2n) is 6.47. The van der Waals surface area contributed by atoms with E-state index in [0.717, 1.165) is 19.5 Å². The Morgan fingerprint density at radius 3 is 2.77 bits per heavy atom.